The van der Waals surface area contributed by atoms with Crippen molar-refractivity contribution in [2.75, 3.05) is 0 Å². The van der Waals surface area contributed by atoms with E-state index in [0.29, 0.717) is 0 Å². The van der Waals surface area contributed by atoms with E-state index in [0.717, 1.165) is 35.5 Å². The predicted octanol–water partition coefficient (Wildman–Crippen LogP) is 9.18. The van der Waals surface area contributed by atoms with Crippen molar-refractivity contribution in [2.45, 2.75) is 136 Å². The van der Waals surface area contributed by atoms with E-state index in [1.807, 2.05) is 0 Å². The zero-order valence-corrected chi connectivity index (χ0v) is 18.9. The van der Waals surface area contributed by atoms with Gasteiger partial charge >= 0.3 is 0 Å². The second kappa shape index (κ2) is 11.9. The molecule has 0 heterocycles. The van der Waals surface area contributed by atoms with E-state index in [-0.39, 0.29) is 0 Å². The van der Waals surface area contributed by atoms with E-state index in [1.165, 1.54) is 51.4 Å². The lowest BCUT2D eigenvalue weighted by Gasteiger charge is -2.41. The van der Waals surface area contributed by atoms with Crippen LogP contribution in [0, 0.1) is 35.5 Å². The zero-order valence-electron chi connectivity index (χ0n) is 18.9. The van der Waals surface area contributed by atoms with Crippen LogP contribution in [0.5, 0.6) is 0 Å². The van der Waals surface area contributed by atoms with Crippen molar-refractivity contribution < 1.29 is 0 Å². The maximum absolute atomic E-state index is 2.42. The minimum atomic E-state index is 1.07. The van der Waals surface area contributed by atoms with Crippen molar-refractivity contribution in [3.8, 4) is 0 Å². The molecule has 158 valence electrons. The summed E-state index contributed by atoms with van der Waals surface area (Å²) < 4.78 is 0. The molecule has 3 fully saturated rings. The van der Waals surface area contributed by atoms with Crippen molar-refractivity contribution >= 4 is 0 Å². The summed E-state index contributed by atoms with van der Waals surface area (Å²) in [5.74, 6) is 6.59. The molecule has 0 radical (unpaired) electrons. The molecule has 0 aliphatic heterocycles. The minimum Gasteiger partial charge on any atom is -0.0654 e. The first-order chi connectivity index (χ1) is 13.3. The van der Waals surface area contributed by atoms with Crippen LogP contribution in [0.25, 0.3) is 0 Å². The van der Waals surface area contributed by atoms with Crippen LogP contribution in [0.2, 0.25) is 0 Å². The third kappa shape index (κ3) is 6.78. The maximum Gasteiger partial charge on any atom is -0.0383 e. The Balaban J connectivity index is 1.30. The molecule has 0 amide bonds. The van der Waals surface area contributed by atoms with Gasteiger partial charge in [-0.15, -0.1) is 0 Å². The third-order valence-electron chi connectivity index (χ3n) is 9.16. The molecule has 0 heteroatoms. The van der Waals surface area contributed by atoms with Gasteiger partial charge in [-0.3, -0.25) is 0 Å². The van der Waals surface area contributed by atoms with Crippen LogP contribution in [0.4, 0.5) is 0 Å². The fourth-order valence-electron chi connectivity index (χ4n) is 7.20. The Morgan fingerprint density at radius 3 is 1.74 bits per heavy atom. The van der Waals surface area contributed by atoms with Gasteiger partial charge in [0.25, 0.3) is 0 Å². The Morgan fingerprint density at radius 1 is 0.519 bits per heavy atom. The number of hydrogen-bond acceptors (Lipinski definition) is 0. The van der Waals surface area contributed by atoms with Gasteiger partial charge in [0, 0.05) is 0 Å². The molecular weight excluding hydrogens is 324 g/mol. The van der Waals surface area contributed by atoms with Gasteiger partial charge in [0.15, 0.2) is 0 Å². The SMILES string of the molecule is CCCCCCCC1CCC(C2CCC([C@@H]3CCC[C@H](CC)C3)CC2)CC1. The molecule has 0 spiro atoms. The van der Waals surface area contributed by atoms with Crippen molar-refractivity contribution in [1.82, 2.24) is 0 Å². The molecule has 0 bridgehead atoms. The fourth-order valence-corrected chi connectivity index (χ4v) is 7.20. The Morgan fingerprint density at radius 2 is 1.11 bits per heavy atom. The van der Waals surface area contributed by atoms with Crippen LogP contribution >= 0.6 is 0 Å². The topological polar surface area (TPSA) is 0 Å². The van der Waals surface area contributed by atoms with Gasteiger partial charge in [-0.1, -0.05) is 90.9 Å². The molecule has 0 nitrogen and oxygen atoms in total. The van der Waals surface area contributed by atoms with Gasteiger partial charge in [-0.05, 0) is 80.5 Å². The highest BCUT2D eigenvalue weighted by molar-refractivity contribution is 4.86. The van der Waals surface area contributed by atoms with Crippen molar-refractivity contribution in [1.29, 1.82) is 0 Å². The van der Waals surface area contributed by atoms with Crippen LogP contribution in [0.15, 0.2) is 0 Å². The summed E-state index contributed by atoms with van der Waals surface area (Å²) in [4.78, 5) is 0. The maximum atomic E-state index is 2.42. The summed E-state index contributed by atoms with van der Waals surface area (Å²) in [6.07, 6.45) is 29.2. The summed E-state index contributed by atoms with van der Waals surface area (Å²) in [5, 5.41) is 0. The highest BCUT2D eigenvalue weighted by Gasteiger charge is 2.34. The van der Waals surface area contributed by atoms with E-state index >= 15 is 0 Å². The van der Waals surface area contributed by atoms with E-state index in [9.17, 15) is 0 Å². The van der Waals surface area contributed by atoms with Crippen molar-refractivity contribution in [3.63, 3.8) is 0 Å². The first-order valence-corrected chi connectivity index (χ1v) is 13.3. The Hall–Kier alpha value is 0. The normalized spacial score (nSPS) is 38.0. The van der Waals surface area contributed by atoms with Gasteiger partial charge in [-0.25, -0.2) is 0 Å². The van der Waals surface area contributed by atoms with Crippen molar-refractivity contribution in [2.24, 2.45) is 35.5 Å². The summed E-state index contributed by atoms with van der Waals surface area (Å²) in [5.41, 5.74) is 0. The molecule has 0 aromatic heterocycles. The van der Waals surface area contributed by atoms with Gasteiger partial charge in [0.05, 0.1) is 0 Å². The van der Waals surface area contributed by atoms with E-state index in [4.69, 9.17) is 0 Å². The standard InChI is InChI=1S/C27H50/c1-3-5-6-7-8-10-23-13-15-24(16-14-23)25-17-19-26(20-18-25)27-12-9-11-22(4-2)21-27/h22-27H,3-21H2,1-2H3/t22-,23?,24?,25?,26?,27+/m0/s1. The van der Waals surface area contributed by atoms with Crippen molar-refractivity contribution in [3.05, 3.63) is 0 Å². The molecular formula is C27H50. The second-order valence-corrected chi connectivity index (χ2v) is 10.9. The highest BCUT2D eigenvalue weighted by Crippen LogP contribution is 2.46. The van der Waals surface area contributed by atoms with Crippen LogP contribution in [-0.2, 0) is 0 Å². The third-order valence-corrected chi connectivity index (χ3v) is 9.16. The number of unbranched alkanes of at least 4 members (excludes halogenated alkanes) is 4. The smallest absolute Gasteiger partial charge is 0.0383 e. The largest absolute Gasteiger partial charge is 0.0654 e. The van der Waals surface area contributed by atoms with Crippen LogP contribution in [0.1, 0.15) is 136 Å². The lowest BCUT2D eigenvalue weighted by Crippen LogP contribution is -2.30. The zero-order chi connectivity index (χ0) is 18.9. The van der Waals surface area contributed by atoms with Gasteiger partial charge in [-0.2, -0.15) is 0 Å². The number of hydrogen-bond donors (Lipinski definition) is 0. The van der Waals surface area contributed by atoms with E-state index in [2.05, 4.69) is 13.8 Å². The molecule has 0 aromatic rings. The summed E-state index contributed by atoms with van der Waals surface area (Å²) in [6, 6.07) is 0. The van der Waals surface area contributed by atoms with Gasteiger partial charge in [0.1, 0.15) is 0 Å². The molecule has 3 aliphatic carbocycles. The Kier molecular flexibility index (Phi) is 9.54. The molecule has 3 aliphatic rings. The summed E-state index contributed by atoms with van der Waals surface area (Å²) >= 11 is 0. The lowest BCUT2D eigenvalue weighted by molar-refractivity contribution is 0.0992. The first kappa shape index (κ1) is 21.7. The minimum absolute atomic E-state index is 1.07. The quantitative estimate of drug-likeness (QED) is 0.353. The molecule has 3 saturated carbocycles. The van der Waals surface area contributed by atoms with E-state index in [1.54, 1.807) is 70.6 Å². The van der Waals surface area contributed by atoms with Crippen LogP contribution < -0.4 is 0 Å². The average molecular weight is 375 g/mol. The molecule has 2 atom stereocenters. The molecule has 0 N–H and O–H groups in total. The van der Waals surface area contributed by atoms with E-state index < -0.39 is 0 Å². The molecule has 27 heavy (non-hydrogen) atoms. The first-order valence-electron chi connectivity index (χ1n) is 13.3. The van der Waals surface area contributed by atoms with Crippen LogP contribution in [-0.4, -0.2) is 0 Å². The van der Waals surface area contributed by atoms with Gasteiger partial charge < -0.3 is 0 Å². The van der Waals surface area contributed by atoms with Crippen LogP contribution in [0.3, 0.4) is 0 Å². The fraction of sp³-hybridized carbons (Fsp3) is 1.00. The van der Waals surface area contributed by atoms with Gasteiger partial charge in [0.2, 0.25) is 0 Å². The molecule has 3 rings (SSSR count). The highest BCUT2D eigenvalue weighted by atomic mass is 14.4. The number of rotatable bonds is 9. The average Bonchev–Trinajstić information content (AvgIpc) is 2.74. The monoisotopic (exact) mass is 374 g/mol. The lowest BCUT2D eigenvalue weighted by atomic mass is 9.64. The predicted molar refractivity (Wildman–Crippen MR) is 120 cm³/mol. The summed E-state index contributed by atoms with van der Waals surface area (Å²) in [7, 11) is 0. The molecule has 0 saturated heterocycles. The summed E-state index contributed by atoms with van der Waals surface area (Å²) in [6.45, 7) is 4.75. The molecule has 0 unspecified atom stereocenters. The Bertz CT molecular complexity index is 369. The second-order valence-electron chi connectivity index (χ2n) is 10.9. The molecule has 0 aromatic carbocycles. The Labute approximate surface area is 171 Å².